The molecule has 0 atom stereocenters. The van der Waals surface area contributed by atoms with Gasteiger partial charge >= 0.3 is 0 Å². The highest BCUT2D eigenvalue weighted by atomic mass is 35.5. The molecule has 0 saturated carbocycles. The molecule has 12 heteroatoms. The van der Waals surface area contributed by atoms with Gasteiger partial charge in [-0.25, -0.2) is 8.42 Å². The number of anilines is 1. The highest BCUT2D eigenvalue weighted by Crippen LogP contribution is 2.41. The van der Waals surface area contributed by atoms with Crippen molar-refractivity contribution in [2.75, 3.05) is 30.8 Å². The molecule has 9 nitrogen and oxygen atoms in total. The van der Waals surface area contributed by atoms with E-state index in [9.17, 15) is 18.3 Å². The molecule has 1 saturated heterocycles. The molecule has 0 bridgehead atoms. The van der Waals surface area contributed by atoms with Crippen LogP contribution in [0.25, 0.3) is 22.6 Å². The van der Waals surface area contributed by atoms with Gasteiger partial charge in [-0.15, -0.1) is 0 Å². The number of piperazine rings is 1. The topological polar surface area (TPSA) is 128 Å². The zero-order chi connectivity index (χ0) is 24.7. The van der Waals surface area contributed by atoms with Gasteiger partial charge < -0.3 is 15.3 Å². The number of thiazole rings is 1. The van der Waals surface area contributed by atoms with Crippen LogP contribution >= 0.6 is 22.9 Å². The van der Waals surface area contributed by atoms with Crippen molar-refractivity contribution in [1.82, 2.24) is 20.5 Å². The first-order valence-corrected chi connectivity index (χ1v) is 13.6. The molecule has 180 valence electrons. The molecule has 4 aromatic rings. The van der Waals surface area contributed by atoms with Gasteiger partial charge in [-0.05, 0) is 41.5 Å². The van der Waals surface area contributed by atoms with Crippen LogP contribution in [0.1, 0.15) is 16.0 Å². The van der Waals surface area contributed by atoms with Gasteiger partial charge in [0.2, 0.25) is 11.8 Å². The van der Waals surface area contributed by atoms with Crippen molar-refractivity contribution >= 4 is 66.4 Å². The Morgan fingerprint density at radius 1 is 1.26 bits per heavy atom. The Bertz CT molecular complexity index is 1590. The van der Waals surface area contributed by atoms with Crippen molar-refractivity contribution in [3.05, 3.63) is 63.6 Å². The maximum Gasteiger partial charge on any atom is 0.239 e. The molecular formula is C23H20ClN5O4S2. The van der Waals surface area contributed by atoms with Crippen molar-refractivity contribution in [3.8, 4) is 5.88 Å². The number of aromatic amines is 1. The van der Waals surface area contributed by atoms with E-state index in [1.54, 1.807) is 18.3 Å². The number of halogens is 1. The fraction of sp³-hybridized carbons (Fsp3) is 0.174. The third kappa shape index (κ3) is 4.75. The molecule has 2 aromatic heterocycles. The molecule has 1 aliphatic heterocycles. The average molecular weight is 530 g/mol. The van der Waals surface area contributed by atoms with Gasteiger partial charge in [0.1, 0.15) is 4.88 Å². The van der Waals surface area contributed by atoms with Gasteiger partial charge in [-0.3, -0.25) is 9.89 Å². The standard InChI is InChI=1S/C23H20ClN5O4S2/c1-35(32,33)16-4-2-14(18(24)10-16)9-17(13-3-5-19-15(8-13)11-26-28-19)21-22(31)27-23(34-21)29-7-6-25-20(30)12-29/h2-5,8-11,31H,6-7,12H2,1H3,(H,25,30)(H,26,28). The normalized spacial score (nSPS) is 15.0. The number of fused-ring (bicyclic) bond motifs is 1. The molecule has 2 aromatic carbocycles. The predicted molar refractivity (Wildman–Crippen MR) is 137 cm³/mol. The summed E-state index contributed by atoms with van der Waals surface area (Å²) in [6.45, 7) is 1.23. The second-order valence-electron chi connectivity index (χ2n) is 8.11. The Labute approximate surface area is 210 Å². The van der Waals surface area contributed by atoms with E-state index in [4.69, 9.17) is 11.6 Å². The maximum absolute atomic E-state index is 11.9. The number of amides is 1. The first-order chi connectivity index (χ1) is 16.7. The SMILES string of the molecule is CS(=O)(=O)c1ccc(C=C(c2ccc3[nH]ncc3c2)c2sc(N3CCNC(=O)C3)nc2O)c(Cl)c1. The number of nitrogens with zero attached hydrogens (tertiary/aromatic N) is 3. The van der Waals surface area contributed by atoms with Crippen LogP contribution in [-0.4, -0.2) is 60.5 Å². The van der Waals surface area contributed by atoms with Gasteiger partial charge in [0.25, 0.3) is 0 Å². The van der Waals surface area contributed by atoms with E-state index >= 15 is 0 Å². The number of hydrogen-bond donors (Lipinski definition) is 3. The summed E-state index contributed by atoms with van der Waals surface area (Å²) in [5, 5.41) is 22.3. The van der Waals surface area contributed by atoms with Gasteiger partial charge in [0.05, 0.1) is 23.2 Å². The van der Waals surface area contributed by atoms with Crippen molar-refractivity contribution in [2.45, 2.75) is 4.90 Å². The fourth-order valence-electron chi connectivity index (χ4n) is 3.81. The number of H-pyrrole nitrogens is 1. The molecule has 0 unspecified atom stereocenters. The summed E-state index contributed by atoms with van der Waals surface area (Å²) < 4.78 is 23.9. The number of carbonyl (C=O) groups is 1. The average Bonchev–Trinajstić information content (AvgIpc) is 3.43. The van der Waals surface area contributed by atoms with E-state index in [-0.39, 0.29) is 28.3 Å². The number of hydrogen-bond acceptors (Lipinski definition) is 8. The summed E-state index contributed by atoms with van der Waals surface area (Å²) in [5.41, 5.74) is 2.86. The lowest BCUT2D eigenvalue weighted by molar-refractivity contribution is -0.120. The Morgan fingerprint density at radius 3 is 2.83 bits per heavy atom. The molecule has 0 aliphatic carbocycles. The highest BCUT2D eigenvalue weighted by Gasteiger charge is 2.24. The van der Waals surface area contributed by atoms with E-state index in [1.165, 1.54) is 23.5 Å². The van der Waals surface area contributed by atoms with E-state index < -0.39 is 9.84 Å². The Kier molecular flexibility index (Phi) is 5.99. The fourth-order valence-corrected chi connectivity index (χ4v) is 5.79. The van der Waals surface area contributed by atoms with Crippen molar-refractivity contribution in [1.29, 1.82) is 0 Å². The highest BCUT2D eigenvalue weighted by molar-refractivity contribution is 7.90. The third-order valence-corrected chi connectivity index (χ3v) is 8.18. The molecule has 0 radical (unpaired) electrons. The number of sulfone groups is 1. The van der Waals surface area contributed by atoms with Gasteiger partial charge in [-0.2, -0.15) is 10.1 Å². The lowest BCUT2D eigenvalue weighted by atomic mass is 10.00. The van der Waals surface area contributed by atoms with E-state index in [2.05, 4.69) is 20.5 Å². The quantitative estimate of drug-likeness (QED) is 0.338. The molecule has 0 spiro atoms. The molecule has 1 aliphatic rings. The van der Waals surface area contributed by atoms with Crippen molar-refractivity contribution in [2.24, 2.45) is 0 Å². The summed E-state index contributed by atoms with van der Waals surface area (Å²) in [6.07, 6.45) is 4.61. The van der Waals surface area contributed by atoms with E-state index in [0.29, 0.717) is 34.2 Å². The molecule has 1 fully saturated rings. The van der Waals surface area contributed by atoms with Crippen LogP contribution in [0.5, 0.6) is 5.88 Å². The van der Waals surface area contributed by atoms with Crippen LogP contribution in [-0.2, 0) is 14.6 Å². The minimum atomic E-state index is -3.41. The van der Waals surface area contributed by atoms with Crippen LogP contribution in [0.4, 0.5) is 5.13 Å². The van der Waals surface area contributed by atoms with Crippen molar-refractivity contribution < 1.29 is 18.3 Å². The number of aromatic nitrogens is 3. The summed E-state index contributed by atoms with van der Waals surface area (Å²) in [7, 11) is -3.41. The zero-order valence-corrected chi connectivity index (χ0v) is 20.8. The number of benzene rings is 2. The predicted octanol–water partition coefficient (Wildman–Crippen LogP) is 3.31. The first kappa shape index (κ1) is 23.3. The van der Waals surface area contributed by atoms with Crippen LogP contribution in [0.2, 0.25) is 5.02 Å². The Morgan fingerprint density at radius 2 is 2.09 bits per heavy atom. The molecule has 3 N–H and O–H groups in total. The van der Waals surface area contributed by atoms with Crippen molar-refractivity contribution in [3.63, 3.8) is 0 Å². The molecular weight excluding hydrogens is 510 g/mol. The second kappa shape index (κ2) is 8.99. The summed E-state index contributed by atoms with van der Waals surface area (Å²) in [5.74, 6) is -0.273. The molecule has 3 heterocycles. The smallest absolute Gasteiger partial charge is 0.239 e. The van der Waals surface area contributed by atoms with Gasteiger partial charge in [-0.1, -0.05) is 35.1 Å². The summed E-state index contributed by atoms with van der Waals surface area (Å²) >= 11 is 7.73. The van der Waals surface area contributed by atoms with Crippen LogP contribution < -0.4 is 10.2 Å². The van der Waals surface area contributed by atoms with E-state index in [1.807, 2.05) is 23.1 Å². The number of carbonyl (C=O) groups excluding carboxylic acids is 1. The lowest BCUT2D eigenvalue weighted by Crippen LogP contribution is -2.47. The largest absolute Gasteiger partial charge is 0.492 e. The van der Waals surface area contributed by atoms with E-state index in [0.717, 1.165) is 22.7 Å². The zero-order valence-electron chi connectivity index (χ0n) is 18.4. The number of rotatable bonds is 5. The van der Waals surface area contributed by atoms with Crippen LogP contribution in [0, 0.1) is 0 Å². The monoisotopic (exact) mass is 529 g/mol. The molecule has 5 rings (SSSR count). The first-order valence-electron chi connectivity index (χ1n) is 10.6. The second-order valence-corrected chi connectivity index (χ2v) is 11.5. The molecule has 1 amide bonds. The summed E-state index contributed by atoms with van der Waals surface area (Å²) in [4.78, 5) is 18.6. The van der Waals surface area contributed by atoms with Gasteiger partial charge in [0, 0.05) is 35.3 Å². The Hall–Kier alpha value is -3.41. The lowest BCUT2D eigenvalue weighted by Gasteiger charge is -2.25. The van der Waals surface area contributed by atoms with Gasteiger partial charge in [0.15, 0.2) is 15.0 Å². The maximum atomic E-state index is 11.9. The Balaban J connectivity index is 1.65. The number of aromatic hydroxyl groups is 1. The van der Waals surface area contributed by atoms with Crippen LogP contribution in [0.3, 0.4) is 0 Å². The number of nitrogens with one attached hydrogen (secondary N) is 2. The third-order valence-electron chi connectivity index (χ3n) is 5.60. The minimum absolute atomic E-state index is 0.105. The molecule has 35 heavy (non-hydrogen) atoms. The summed E-state index contributed by atoms with van der Waals surface area (Å²) in [6, 6.07) is 10.2. The van der Waals surface area contributed by atoms with Crippen LogP contribution in [0.15, 0.2) is 47.5 Å². The minimum Gasteiger partial charge on any atom is -0.492 e.